The predicted molar refractivity (Wildman–Crippen MR) is 73.1 cm³/mol. The van der Waals surface area contributed by atoms with Crippen LogP contribution in [-0.2, 0) is 6.42 Å². The minimum absolute atomic E-state index is 0.0575. The van der Waals surface area contributed by atoms with E-state index in [-0.39, 0.29) is 18.6 Å². The van der Waals surface area contributed by atoms with Crippen molar-refractivity contribution in [1.29, 1.82) is 0 Å². The van der Waals surface area contributed by atoms with Crippen LogP contribution in [0, 0.1) is 5.92 Å². The van der Waals surface area contributed by atoms with Gasteiger partial charge in [0.25, 0.3) is 0 Å². The molecule has 0 radical (unpaired) electrons. The lowest BCUT2D eigenvalue weighted by Crippen LogP contribution is -2.39. The molecule has 1 saturated heterocycles. The van der Waals surface area contributed by atoms with Gasteiger partial charge >= 0.3 is 6.03 Å². The molecule has 1 aromatic rings. The number of halogens is 1. The van der Waals surface area contributed by atoms with Gasteiger partial charge in [0.05, 0.1) is 0 Å². The van der Waals surface area contributed by atoms with E-state index in [2.05, 4.69) is 10.3 Å². The van der Waals surface area contributed by atoms with E-state index in [1.165, 1.54) is 0 Å². The number of aliphatic hydroxyl groups is 1. The van der Waals surface area contributed by atoms with Crippen molar-refractivity contribution in [3.8, 4) is 0 Å². The van der Waals surface area contributed by atoms with Crippen molar-refractivity contribution in [2.24, 2.45) is 5.92 Å². The van der Waals surface area contributed by atoms with Crippen molar-refractivity contribution in [1.82, 2.24) is 15.2 Å². The Kier molecular flexibility index (Phi) is 4.99. The molecule has 0 aliphatic carbocycles. The second-order valence-corrected chi connectivity index (χ2v) is 5.14. The molecule has 1 fully saturated rings. The van der Waals surface area contributed by atoms with Gasteiger partial charge in [-0.2, -0.15) is 0 Å². The van der Waals surface area contributed by atoms with Gasteiger partial charge < -0.3 is 15.3 Å². The average Bonchev–Trinajstić information content (AvgIpc) is 2.90. The molecule has 2 rings (SSSR count). The molecule has 5 nitrogen and oxygen atoms in total. The Labute approximate surface area is 117 Å². The minimum Gasteiger partial charge on any atom is -0.396 e. The number of aromatic nitrogens is 1. The van der Waals surface area contributed by atoms with Crippen molar-refractivity contribution in [3.63, 3.8) is 0 Å². The molecule has 1 aliphatic heterocycles. The smallest absolute Gasteiger partial charge is 0.317 e. The second kappa shape index (κ2) is 6.73. The summed E-state index contributed by atoms with van der Waals surface area (Å²) in [6.45, 7) is 2.09. The zero-order chi connectivity index (χ0) is 13.7. The van der Waals surface area contributed by atoms with Crippen molar-refractivity contribution in [2.75, 3.05) is 26.2 Å². The van der Waals surface area contributed by atoms with E-state index < -0.39 is 0 Å². The predicted octanol–water partition coefficient (Wildman–Crippen LogP) is 1.30. The molecule has 1 aliphatic rings. The molecule has 0 bridgehead atoms. The molecule has 1 atom stereocenters. The molecule has 0 spiro atoms. The minimum atomic E-state index is -0.0575. The van der Waals surface area contributed by atoms with Crippen LogP contribution in [0.3, 0.4) is 0 Å². The van der Waals surface area contributed by atoms with Crippen molar-refractivity contribution < 1.29 is 9.90 Å². The molecule has 0 aromatic carbocycles. The topological polar surface area (TPSA) is 65.5 Å². The van der Waals surface area contributed by atoms with E-state index in [4.69, 9.17) is 16.7 Å². The molecule has 1 unspecified atom stereocenters. The highest BCUT2D eigenvalue weighted by Gasteiger charge is 2.25. The van der Waals surface area contributed by atoms with Gasteiger partial charge in [-0.05, 0) is 24.5 Å². The third-order valence-electron chi connectivity index (χ3n) is 3.31. The molecular formula is C13H18ClN3O2. The summed E-state index contributed by atoms with van der Waals surface area (Å²) in [5.41, 5.74) is 1.04. The van der Waals surface area contributed by atoms with E-state index >= 15 is 0 Å². The molecule has 104 valence electrons. The molecule has 6 heteroatoms. The first-order valence-electron chi connectivity index (χ1n) is 6.43. The van der Waals surface area contributed by atoms with Crippen LogP contribution in [0.2, 0.25) is 5.15 Å². The van der Waals surface area contributed by atoms with Gasteiger partial charge in [0.15, 0.2) is 0 Å². The summed E-state index contributed by atoms with van der Waals surface area (Å²) in [6, 6.07) is 3.59. The fourth-order valence-electron chi connectivity index (χ4n) is 2.15. The van der Waals surface area contributed by atoms with E-state index in [9.17, 15) is 4.79 Å². The highest BCUT2D eigenvalue weighted by molar-refractivity contribution is 6.29. The van der Waals surface area contributed by atoms with Crippen LogP contribution in [0.1, 0.15) is 12.0 Å². The Morgan fingerprint density at radius 1 is 1.58 bits per heavy atom. The van der Waals surface area contributed by atoms with Crippen LogP contribution in [0.25, 0.3) is 0 Å². The average molecular weight is 284 g/mol. The first-order valence-corrected chi connectivity index (χ1v) is 6.81. The second-order valence-electron chi connectivity index (χ2n) is 4.75. The summed E-state index contributed by atoms with van der Waals surface area (Å²) in [5.74, 6) is 0.228. The van der Waals surface area contributed by atoms with Gasteiger partial charge in [0.2, 0.25) is 0 Å². The van der Waals surface area contributed by atoms with Gasteiger partial charge in [-0.15, -0.1) is 0 Å². The molecule has 0 saturated carbocycles. The van der Waals surface area contributed by atoms with Crippen LogP contribution < -0.4 is 5.32 Å². The number of nitrogens with one attached hydrogen (secondary N) is 1. The first-order chi connectivity index (χ1) is 9.19. The zero-order valence-electron chi connectivity index (χ0n) is 10.7. The lowest BCUT2D eigenvalue weighted by atomic mass is 10.1. The quantitative estimate of drug-likeness (QED) is 0.819. The maximum atomic E-state index is 11.8. The fraction of sp³-hybridized carbons (Fsp3) is 0.538. The van der Waals surface area contributed by atoms with E-state index in [0.717, 1.165) is 24.9 Å². The number of aliphatic hydroxyl groups excluding tert-OH is 1. The summed E-state index contributed by atoms with van der Waals surface area (Å²) in [7, 11) is 0. The maximum Gasteiger partial charge on any atom is 0.317 e. The van der Waals surface area contributed by atoms with E-state index in [1.807, 2.05) is 6.07 Å². The molecule has 1 aromatic heterocycles. The number of nitrogens with zero attached hydrogens (tertiary/aromatic N) is 2. The fourth-order valence-corrected chi connectivity index (χ4v) is 2.26. The van der Waals surface area contributed by atoms with Crippen LogP contribution in [-0.4, -0.2) is 47.3 Å². The summed E-state index contributed by atoms with van der Waals surface area (Å²) >= 11 is 5.70. The summed E-state index contributed by atoms with van der Waals surface area (Å²) in [6.07, 6.45) is 3.32. The van der Waals surface area contributed by atoms with Crippen molar-refractivity contribution in [2.45, 2.75) is 12.8 Å². The number of urea groups is 1. The molecule has 19 heavy (non-hydrogen) atoms. The summed E-state index contributed by atoms with van der Waals surface area (Å²) in [4.78, 5) is 17.6. The van der Waals surface area contributed by atoms with E-state index in [1.54, 1.807) is 17.2 Å². The molecule has 2 heterocycles. The standard InChI is InChI=1S/C13H18ClN3O2/c14-12-2-1-10(7-16-12)3-5-15-13(19)17-6-4-11(8-17)9-18/h1-2,7,11,18H,3-6,8-9H2,(H,15,19). The van der Waals surface area contributed by atoms with Gasteiger partial charge in [0.1, 0.15) is 5.15 Å². The van der Waals surface area contributed by atoms with Crippen LogP contribution in [0.4, 0.5) is 4.79 Å². The third-order valence-corrected chi connectivity index (χ3v) is 3.53. The Hall–Kier alpha value is -1.33. The van der Waals surface area contributed by atoms with Crippen LogP contribution in [0.15, 0.2) is 18.3 Å². The number of hydrogen-bond acceptors (Lipinski definition) is 3. The normalized spacial score (nSPS) is 18.6. The number of rotatable bonds is 4. The molecule has 2 N–H and O–H groups in total. The maximum absolute atomic E-state index is 11.8. The Balaban J connectivity index is 1.71. The number of pyridine rings is 1. The number of carbonyl (C=O) groups excluding carboxylic acids is 1. The summed E-state index contributed by atoms with van der Waals surface area (Å²) < 4.78 is 0. The van der Waals surface area contributed by atoms with Crippen molar-refractivity contribution in [3.05, 3.63) is 29.0 Å². The SMILES string of the molecule is O=C(NCCc1ccc(Cl)nc1)N1CCC(CO)C1. The number of carbonyl (C=O) groups is 1. The van der Waals surface area contributed by atoms with Gasteiger partial charge in [0, 0.05) is 38.4 Å². The largest absolute Gasteiger partial charge is 0.396 e. The van der Waals surface area contributed by atoms with E-state index in [0.29, 0.717) is 18.2 Å². The number of amides is 2. The lowest BCUT2D eigenvalue weighted by molar-refractivity contribution is 0.198. The number of likely N-dealkylation sites (tertiary alicyclic amines) is 1. The monoisotopic (exact) mass is 283 g/mol. The van der Waals surface area contributed by atoms with Crippen molar-refractivity contribution >= 4 is 17.6 Å². The van der Waals surface area contributed by atoms with Crippen LogP contribution in [0.5, 0.6) is 0 Å². The van der Waals surface area contributed by atoms with Gasteiger partial charge in [-0.3, -0.25) is 0 Å². The number of hydrogen-bond donors (Lipinski definition) is 2. The Morgan fingerprint density at radius 2 is 2.42 bits per heavy atom. The Morgan fingerprint density at radius 3 is 3.05 bits per heavy atom. The molecular weight excluding hydrogens is 266 g/mol. The first kappa shape index (κ1) is 14.1. The highest BCUT2D eigenvalue weighted by atomic mass is 35.5. The van der Waals surface area contributed by atoms with Gasteiger partial charge in [-0.1, -0.05) is 17.7 Å². The third kappa shape index (κ3) is 4.08. The summed E-state index contributed by atoms with van der Waals surface area (Å²) in [5, 5.41) is 12.4. The zero-order valence-corrected chi connectivity index (χ0v) is 11.4. The molecule has 2 amide bonds. The van der Waals surface area contributed by atoms with Gasteiger partial charge in [-0.25, -0.2) is 9.78 Å². The lowest BCUT2D eigenvalue weighted by Gasteiger charge is -2.17. The Bertz CT molecular complexity index is 424. The van der Waals surface area contributed by atoms with Crippen LogP contribution >= 0.6 is 11.6 Å². The highest BCUT2D eigenvalue weighted by Crippen LogP contribution is 2.15.